The van der Waals surface area contributed by atoms with Crippen molar-refractivity contribution < 1.29 is 13.9 Å². The Balaban J connectivity index is 2.93. The third kappa shape index (κ3) is 2.46. The van der Waals surface area contributed by atoms with Crippen molar-refractivity contribution in [2.24, 2.45) is 5.73 Å². The Labute approximate surface area is 80.6 Å². The van der Waals surface area contributed by atoms with Crippen molar-refractivity contribution in [2.75, 3.05) is 0 Å². The summed E-state index contributed by atoms with van der Waals surface area (Å²) in [7, 11) is 0. The van der Waals surface area contributed by atoms with Gasteiger partial charge >= 0.3 is 0 Å². The number of pyridine rings is 1. The maximum absolute atomic E-state index is 12.2. The van der Waals surface area contributed by atoms with E-state index < -0.39 is 18.6 Å². The lowest BCUT2D eigenvalue weighted by Gasteiger charge is -2.15. The molecule has 14 heavy (non-hydrogen) atoms. The highest BCUT2D eigenvalue weighted by atomic mass is 19.3. The number of nitrogens with zero attached hydrogens (tertiary/aromatic N) is 1. The van der Waals surface area contributed by atoms with Crippen molar-refractivity contribution >= 4 is 0 Å². The zero-order valence-electron chi connectivity index (χ0n) is 7.69. The smallest absolute Gasteiger partial charge is 0.280 e. The molecule has 0 radical (unpaired) electrons. The van der Waals surface area contributed by atoms with E-state index in [1.165, 1.54) is 18.3 Å². The molecule has 78 valence electrons. The third-order valence-electron chi connectivity index (χ3n) is 1.87. The van der Waals surface area contributed by atoms with E-state index in [1.807, 2.05) is 0 Å². The van der Waals surface area contributed by atoms with Crippen molar-refractivity contribution in [3.8, 4) is 0 Å². The fraction of sp³-hybridized carbons (Fsp3) is 0.444. The lowest BCUT2D eigenvalue weighted by Crippen LogP contribution is -2.24. The molecule has 0 bridgehead atoms. The van der Waals surface area contributed by atoms with Gasteiger partial charge in [0.15, 0.2) is 0 Å². The van der Waals surface area contributed by atoms with Crippen LogP contribution in [0.3, 0.4) is 0 Å². The normalized spacial score (nSPS) is 15.6. The summed E-state index contributed by atoms with van der Waals surface area (Å²) in [5, 5.41) is 9.51. The second-order valence-corrected chi connectivity index (χ2v) is 3.12. The zero-order valence-corrected chi connectivity index (χ0v) is 7.69. The van der Waals surface area contributed by atoms with Gasteiger partial charge in [0.05, 0.1) is 6.10 Å². The Hall–Kier alpha value is -1.07. The average Bonchev–Trinajstić information content (AvgIpc) is 2.16. The monoisotopic (exact) mass is 202 g/mol. The maximum Gasteiger partial charge on any atom is 0.280 e. The Morgan fingerprint density at radius 1 is 1.50 bits per heavy atom. The molecule has 1 rings (SSSR count). The maximum atomic E-state index is 12.2. The Kier molecular flexibility index (Phi) is 3.49. The number of aliphatic hydroxyl groups excluding tert-OH is 1. The molecule has 3 N–H and O–H groups in total. The predicted molar refractivity (Wildman–Crippen MR) is 47.8 cm³/mol. The molecular formula is C9H12F2N2O. The molecule has 0 spiro atoms. The van der Waals surface area contributed by atoms with E-state index in [0.29, 0.717) is 5.56 Å². The second kappa shape index (κ2) is 4.43. The van der Waals surface area contributed by atoms with E-state index in [4.69, 9.17) is 5.73 Å². The minimum atomic E-state index is -2.63. The summed E-state index contributed by atoms with van der Waals surface area (Å²) in [6.07, 6.45) is -2.33. The second-order valence-electron chi connectivity index (χ2n) is 3.12. The minimum absolute atomic E-state index is 0.345. The Bertz CT molecular complexity index is 305. The topological polar surface area (TPSA) is 59.1 Å². The molecule has 0 amide bonds. The van der Waals surface area contributed by atoms with Crippen molar-refractivity contribution in [1.29, 1.82) is 0 Å². The van der Waals surface area contributed by atoms with E-state index in [1.54, 1.807) is 6.92 Å². The van der Waals surface area contributed by atoms with Gasteiger partial charge in [-0.05, 0) is 24.6 Å². The van der Waals surface area contributed by atoms with Gasteiger partial charge in [-0.3, -0.25) is 4.98 Å². The van der Waals surface area contributed by atoms with Crippen LogP contribution < -0.4 is 5.73 Å². The number of aliphatic hydroxyl groups is 1. The molecule has 5 heteroatoms. The highest BCUT2D eigenvalue weighted by Gasteiger charge is 2.15. The fourth-order valence-corrected chi connectivity index (χ4v) is 1.07. The molecule has 0 saturated carbocycles. The first-order valence-electron chi connectivity index (χ1n) is 4.20. The van der Waals surface area contributed by atoms with E-state index >= 15 is 0 Å². The highest BCUT2D eigenvalue weighted by Crippen LogP contribution is 2.21. The van der Waals surface area contributed by atoms with Crippen LogP contribution in [-0.4, -0.2) is 16.1 Å². The van der Waals surface area contributed by atoms with Crippen molar-refractivity contribution in [3.05, 3.63) is 29.6 Å². The molecule has 0 saturated heterocycles. The van der Waals surface area contributed by atoms with Crippen LogP contribution in [0.4, 0.5) is 8.78 Å². The molecular weight excluding hydrogens is 190 g/mol. The molecule has 0 aliphatic carbocycles. The molecule has 1 heterocycles. The van der Waals surface area contributed by atoms with E-state index in [9.17, 15) is 13.9 Å². The molecule has 2 atom stereocenters. The van der Waals surface area contributed by atoms with Crippen LogP contribution >= 0.6 is 0 Å². The number of rotatable bonds is 3. The van der Waals surface area contributed by atoms with Gasteiger partial charge in [-0.15, -0.1) is 0 Å². The number of nitrogens with two attached hydrogens (primary N) is 1. The lowest BCUT2D eigenvalue weighted by atomic mass is 10.0. The van der Waals surface area contributed by atoms with Crippen molar-refractivity contribution in [1.82, 2.24) is 4.98 Å². The number of hydrogen-bond acceptors (Lipinski definition) is 3. The van der Waals surface area contributed by atoms with Crippen LogP contribution in [0.25, 0.3) is 0 Å². The van der Waals surface area contributed by atoms with Crippen LogP contribution in [0.1, 0.15) is 30.7 Å². The summed E-state index contributed by atoms with van der Waals surface area (Å²) in [5.74, 6) is 0. The number of aromatic nitrogens is 1. The summed E-state index contributed by atoms with van der Waals surface area (Å²) >= 11 is 0. The SMILES string of the molecule is CC(N)C(O)c1ccnc(C(F)F)c1. The number of halogens is 2. The molecule has 1 aromatic rings. The van der Waals surface area contributed by atoms with Crippen LogP contribution in [0.5, 0.6) is 0 Å². The van der Waals surface area contributed by atoms with Crippen molar-refractivity contribution in [2.45, 2.75) is 25.5 Å². The fourth-order valence-electron chi connectivity index (χ4n) is 1.07. The van der Waals surface area contributed by atoms with E-state index in [2.05, 4.69) is 4.98 Å². The molecule has 0 aliphatic heterocycles. The van der Waals surface area contributed by atoms with Gasteiger partial charge in [0.2, 0.25) is 0 Å². The first kappa shape index (κ1) is 11.0. The third-order valence-corrected chi connectivity index (χ3v) is 1.87. The molecule has 3 nitrogen and oxygen atoms in total. The van der Waals surface area contributed by atoms with Gasteiger partial charge in [0.25, 0.3) is 6.43 Å². The first-order chi connectivity index (χ1) is 6.52. The van der Waals surface area contributed by atoms with Gasteiger partial charge < -0.3 is 10.8 Å². The molecule has 0 fully saturated rings. The average molecular weight is 202 g/mol. The van der Waals surface area contributed by atoms with Gasteiger partial charge in [0.1, 0.15) is 5.69 Å². The molecule has 0 aliphatic rings. The van der Waals surface area contributed by atoms with Crippen LogP contribution in [0.2, 0.25) is 0 Å². The summed E-state index contributed by atoms with van der Waals surface area (Å²) in [6.45, 7) is 1.60. The molecule has 2 unspecified atom stereocenters. The Morgan fingerprint density at radius 3 is 2.64 bits per heavy atom. The predicted octanol–water partition coefficient (Wildman–Crippen LogP) is 1.40. The molecule has 0 aromatic carbocycles. The molecule has 1 aromatic heterocycles. The Morgan fingerprint density at radius 2 is 2.14 bits per heavy atom. The van der Waals surface area contributed by atoms with Crippen LogP contribution in [-0.2, 0) is 0 Å². The zero-order chi connectivity index (χ0) is 10.7. The lowest BCUT2D eigenvalue weighted by molar-refractivity contribution is 0.141. The number of hydrogen-bond donors (Lipinski definition) is 2. The first-order valence-corrected chi connectivity index (χ1v) is 4.20. The van der Waals surface area contributed by atoms with E-state index in [-0.39, 0.29) is 5.69 Å². The van der Waals surface area contributed by atoms with Crippen molar-refractivity contribution in [3.63, 3.8) is 0 Å². The number of alkyl halides is 2. The minimum Gasteiger partial charge on any atom is -0.387 e. The highest BCUT2D eigenvalue weighted by molar-refractivity contribution is 5.20. The van der Waals surface area contributed by atoms with Gasteiger partial charge in [-0.1, -0.05) is 0 Å². The summed E-state index contributed by atoms with van der Waals surface area (Å²) in [6, 6.07) is 2.14. The van der Waals surface area contributed by atoms with E-state index in [0.717, 1.165) is 0 Å². The summed E-state index contributed by atoms with van der Waals surface area (Å²) in [5.41, 5.74) is 5.46. The summed E-state index contributed by atoms with van der Waals surface area (Å²) in [4.78, 5) is 3.48. The van der Waals surface area contributed by atoms with Gasteiger partial charge in [0, 0.05) is 12.2 Å². The van der Waals surface area contributed by atoms with Crippen LogP contribution in [0, 0.1) is 0 Å². The van der Waals surface area contributed by atoms with Gasteiger partial charge in [-0.2, -0.15) is 0 Å². The standard InChI is InChI=1S/C9H12F2N2O/c1-5(12)8(14)6-2-3-13-7(4-6)9(10)11/h2-5,8-9,14H,12H2,1H3. The van der Waals surface area contributed by atoms with Crippen LogP contribution in [0.15, 0.2) is 18.3 Å². The van der Waals surface area contributed by atoms with Gasteiger partial charge in [-0.25, -0.2) is 8.78 Å². The summed E-state index contributed by atoms with van der Waals surface area (Å²) < 4.78 is 24.5. The quantitative estimate of drug-likeness (QED) is 0.778. The largest absolute Gasteiger partial charge is 0.387 e.